The molecule has 0 unspecified atom stereocenters. The van der Waals surface area contributed by atoms with E-state index >= 15 is 0 Å². The molecule has 0 radical (unpaired) electrons. The van der Waals surface area contributed by atoms with E-state index in [9.17, 15) is 0 Å². The van der Waals surface area contributed by atoms with Gasteiger partial charge in [0.2, 0.25) is 0 Å². The third-order valence-electron chi connectivity index (χ3n) is 2.26. The average molecular weight is 225 g/mol. The van der Waals surface area contributed by atoms with E-state index in [4.69, 9.17) is 5.26 Å². The van der Waals surface area contributed by atoms with Crippen molar-refractivity contribution in [3.05, 3.63) is 42.2 Å². The van der Waals surface area contributed by atoms with Crippen LogP contribution in [0.25, 0.3) is 0 Å². The Morgan fingerprint density at radius 3 is 2.71 bits per heavy atom. The summed E-state index contributed by atoms with van der Waals surface area (Å²) < 4.78 is 0. The summed E-state index contributed by atoms with van der Waals surface area (Å²) in [7, 11) is 0. The smallest absolute Gasteiger partial charge is 0.182 e. The second-order valence-corrected chi connectivity index (χ2v) is 3.47. The van der Waals surface area contributed by atoms with E-state index in [0.29, 0.717) is 11.6 Å². The molecule has 0 aliphatic carbocycles. The summed E-state index contributed by atoms with van der Waals surface area (Å²) in [5.74, 6) is 1.12. The largest absolute Gasteiger partial charge is 0.340 e. The first kappa shape index (κ1) is 10.9. The van der Waals surface area contributed by atoms with Crippen molar-refractivity contribution in [3.8, 4) is 6.19 Å². The summed E-state index contributed by atoms with van der Waals surface area (Å²) in [6, 6.07) is 9.58. The molecule has 0 atom stereocenters. The normalized spacial score (nSPS) is 9.41. The molecule has 5 heteroatoms. The standard InChI is InChI=1S/C12H11N5/c1-9-4-2-3-5-10(9)17-12-6-11(14-7-13)15-8-16-12/h2-6,8H,1H3,(H2,14,15,16,17). The van der Waals surface area contributed by atoms with Crippen molar-refractivity contribution < 1.29 is 0 Å². The summed E-state index contributed by atoms with van der Waals surface area (Å²) in [5.41, 5.74) is 2.11. The highest BCUT2D eigenvalue weighted by atomic mass is 15.1. The molecule has 0 saturated heterocycles. The number of nitriles is 1. The Labute approximate surface area is 99.1 Å². The molecule has 0 spiro atoms. The molecule has 0 aliphatic heterocycles. The van der Waals surface area contributed by atoms with Crippen molar-refractivity contribution >= 4 is 17.3 Å². The second kappa shape index (κ2) is 4.94. The maximum Gasteiger partial charge on any atom is 0.182 e. The van der Waals surface area contributed by atoms with Crippen molar-refractivity contribution in [1.82, 2.24) is 9.97 Å². The maximum atomic E-state index is 8.50. The Kier molecular flexibility index (Phi) is 3.17. The van der Waals surface area contributed by atoms with Gasteiger partial charge < -0.3 is 5.32 Å². The van der Waals surface area contributed by atoms with Gasteiger partial charge in [0.1, 0.15) is 18.0 Å². The van der Waals surface area contributed by atoms with E-state index < -0.39 is 0 Å². The first-order chi connectivity index (χ1) is 8.29. The van der Waals surface area contributed by atoms with Crippen LogP contribution in [0, 0.1) is 18.4 Å². The first-order valence-corrected chi connectivity index (χ1v) is 5.09. The third kappa shape index (κ3) is 2.69. The lowest BCUT2D eigenvalue weighted by Gasteiger charge is -2.08. The first-order valence-electron chi connectivity index (χ1n) is 5.09. The summed E-state index contributed by atoms with van der Waals surface area (Å²) in [5, 5.41) is 14.1. The van der Waals surface area contributed by atoms with Crippen LogP contribution in [0.15, 0.2) is 36.7 Å². The van der Waals surface area contributed by atoms with Gasteiger partial charge in [-0.1, -0.05) is 18.2 Å². The van der Waals surface area contributed by atoms with Gasteiger partial charge in [-0.15, -0.1) is 0 Å². The van der Waals surface area contributed by atoms with E-state index in [2.05, 4.69) is 20.6 Å². The van der Waals surface area contributed by atoms with E-state index in [-0.39, 0.29) is 0 Å². The minimum Gasteiger partial charge on any atom is -0.340 e. The minimum atomic E-state index is 0.471. The number of para-hydroxylation sites is 1. The molecule has 0 amide bonds. The molecule has 0 saturated carbocycles. The zero-order valence-corrected chi connectivity index (χ0v) is 9.31. The van der Waals surface area contributed by atoms with Crippen LogP contribution in [0.4, 0.5) is 17.3 Å². The van der Waals surface area contributed by atoms with Crippen molar-refractivity contribution in [2.75, 3.05) is 10.6 Å². The van der Waals surface area contributed by atoms with Gasteiger partial charge in [-0.25, -0.2) is 9.97 Å². The molecule has 2 aromatic rings. The fraction of sp³-hybridized carbons (Fsp3) is 0.0833. The van der Waals surface area contributed by atoms with Gasteiger partial charge in [-0.05, 0) is 18.6 Å². The molecule has 5 nitrogen and oxygen atoms in total. The molecule has 1 heterocycles. The fourth-order valence-electron chi connectivity index (χ4n) is 1.40. The Morgan fingerprint density at radius 2 is 1.94 bits per heavy atom. The van der Waals surface area contributed by atoms with Gasteiger partial charge in [0.05, 0.1) is 0 Å². The number of anilines is 3. The van der Waals surface area contributed by atoms with E-state index in [0.717, 1.165) is 11.3 Å². The topological polar surface area (TPSA) is 73.6 Å². The van der Waals surface area contributed by atoms with Gasteiger partial charge in [0.25, 0.3) is 0 Å². The summed E-state index contributed by atoms with van der Waals surface area (Å²) in [6.45, 7) is 2.01. The molecule has 0 fully saturated rings. The lowest BCUT2D eigenvalue weighted by molar-refractivity contribution is 1.16. The van der Waals surface area contributed by atoms with Gasteiger partial charge in [0.15, 0.2) is 6.19 Å². The van der Waals surface area contributed by atoms with Crippen LogP contribution in [0.2, 0.25) is 0 Å². The zero-order chi connectivity index (χ0) is 12.1. The quantitative estimate of drug-likeness (QED) is 0.620. The molecule has 2 N–H and O–H groups in total. The SMILES string of the molecule is Cc1ccccc1Nc1cc(NC#N)ncn1. The van der Waals surface area contributed by atoms with Crippen molar-refractivity contribution in [3.63, 3.8) is 0 Å². The van der Waals surface area contributed by atoms with E-state index in [1.807, 2.05) is 37.4 Å². The minimum absolute atomic E-state index is 0.471. The molecule has 1 aromatic heterocycles. The Hall–Kier alpha value is -2.61. The van der Waals surface area contributed by atoms with Gasteiger partial charge >= 0.3 is 0 Å². The van der Waals surface area contributed by atoms with Crippen LogP contribution in [-0.4, -0.2) is 9.97 Å². The van der Waals surface area contributed by atoms with Crippen molar-refractivity contribution in [2.24, 2.45) is 0 Å². The van der Waals surface area contributed by atoms with E-state index in [1.54, 1.807) is 6.07 Å². The summed E-state index contributed by atoms with van der Waals surface area (Å²) in [4.78, 5) is 7.99. The zero-order valence-electron chi connectivity index (χ0n) is 9.31. The molecule has 1 aromatic carbocycles. The third-order valence-corrected chi connectivity index (χ3v) is 2.26. The van der Waals surface area contributed by atoms with Crippen LogP contribution in [0.1, 0.15) is 5.56 Å². The monoisotopic (exact) mass is 225 g/mol. The number of hydrogen-bond donors (Lipinski definition) is 2. The lowest BCUT2D eigenvalue weighted by atomic mass is 10.2. The molecule has 2 rings (SSSR count). The highest BCUT2D eigenvalue weighted by Crippen LogP contribution is 2.19. The second-order valence-electron chi connectivity index (χ2n) is 3.47. The van der Waals surface area contributed by atoms with Crippen LogP contribution in [0.3, 0.4) is 0 Å². The van der Waals surface area contributed by atoms with Gasteiger partial charge in [0, 0.05) is 11.8 Å². The molecular formula is C12H11N5. The van der Waals surface area contributed by atoms with Crippen LogP contribution < -0.4 is 10.6 Å². The average Bonchev–Trinajstić information content (AvgIpc) is 2.33. The van der Waals surface area contributed by atoms with Crippen molar-refractivity contribution in [1.29, 1.82) is 5.26 Å². The predicted molar refractivity (Wildman–Crippen MR) is 65.7 cm³/mol. The van der Waals surface area contributed by atoms with Crippen LogP contribution >= 0.6 is 0 Å². The number of rotatable bonds is 3. The Morgan fingerprint density at radius 1 is 1.18 bits per heavy atom. The summed E-state index contributed by atoms with van der Waals surface area (Å²) in [6.07, 6.45) is 3.22. The number of hydrogen-bond acceptors (Lipinski definition) is 5. The molecule has 0 bridgehead atoms. The molecular weight excluding hydrogens is 214 g/mol. The predicted octanol–water partition coefficient (Wildman–Crippen LogP) is 2.42. The fourth-order valence-corrected chi connectivity index (χ4v) is 1.40. The number of benzene rings is 1. The number of nitrogens with one attached hydrogen (secondary N) is 2. The van der Waals surface area contributed by atoms with Gasteiger partial charge in [-0.2, -0.15) is 5.26 Å². The van der Waals surface area contributed by atoms with Crippen molar-refractivity contribution in [2.45, 2.75) is 6.92 Å². The Balaban J connectivity index is 2.22. The van der Waals surface area contributed by atoms with Gasteiger partial charge in [-0.3, -0.25) is 5.32 Å². The maximum absolute atomic E-state index is 8.50. The molecule has 0 aliphatic rings. The number of nitrogens with zero attached hydrogens (tertiary/aromatic N) is 3. The Bertz CT molecular complexity index is 559. The highest BCUT2D eigenvalue weighted by molar-refractivity contribution is 5.62. The van der Waals surface area contributed by atoms with Crippen LogP contribution in [0.5, 0.6) is 0 Å². The molecule has 84 valence electrons. The number of aromatic nitrogens is 2. The number of aryl methyl sites for hydroxylation is 1. The lowest BCUT2D eigenvalue weighted by Crippen LogP contribution is -1.98. The summed E-state index contributed by atoms with van der Waals surface area (Å²) >= 11 is 0. The highest BCUT2D eigenvalue weighted by Gasteiger charge is 2.00. The molecule has 17 heavy (non-hydrogen) atoms. The van der Waals surface area contributed by atoms with E-state index in [1.165, 1.54) is 6.33 Å². The van der Waals surface area contributed by atoms with Crippen LogP contribution in [-0.2, 0) is 0 Å².